The van der Waals surface area contributed by atoms with Crippen molar-refractivity contribution in [1.82, 2.24) is 9.55 Å². The minimum atomic E-state index is 0.226. The zero-order valence-corrected chi connectivity index (χ0v) is 12.4. The third-order valence-electron chi connectivity index (χ3n) is 3.98. The summed E-state index contributed by atoms with van der Waals surface area (Å²) >= 11 is 0. The predicted octanol–water partition coefficient (Wildman–Crippen LogP) is 3.36. The van der Waals surface area contributed by atoms with Crippen LogP contribution in [0.1, 0.15) is 24.6 Å². The summed E-state index contributed by atoms with van der Waals surface area (Å²) in [5, 5.41) is 1.19. The molecule has 108 valence electrons. The van der Waals surface area contributed by atoms with Gasteiger partial charge in [-0.3, -0.25) is 4.98 Å². The van der Waals surface area contributed by atoms with E-state index >= 15 is 0 Å². The molecule has 0 saturated carbocycles. The van der Waals surface area contributed by atoms with E-state index in [0.717, 1.165) is 24.9 Å². The fourth-order valence-electron chi connectivity index (χ4n) is 2.68. The highest BCUT2D eigenvalue weighted by molar-refractivity contribution is 5.81. The van der Waals surface area contributed by atoms with Crippen molar-refractivity contribution in [1.29, 1.82) is 0 Å². The summed E-state index contributed by atoms with van der Waals surface area (Å²) in [4.78, 5) is 4.53. The number of aromatic nitrogens is 2. The Morgan fingerprint density at radius 2 is 2.00 bits per heavy atom. The number of rotatable bonds is 5. The van der Waals surface area contributed by atoms with E-state index in [1.165, 1.54) is 16.6 Å². The molecule has 2 N–H and O–H groups in total. The van der Waals surface area contributed by atoms with Crippen LogP contribution in [0.4, 0.5) is 0 Å². The van der Waals surface area contributed by atoms with E-state index in [9.17, 15) is 0 Å². The molecule has 3 aromatic rings. The molecule has 0 saturated heterocycles. The van der Waals surface area contributed by atoms with Crippen molar-refractivity contribution in [3.63, 3.8) is 0 Å². The number of hydrogen-bond donors (Lipinski definition) is 1. The molecule has 2 aromatic heterocycles. The highest BCUT2D eigenvalue weighted by Gasteiger charge is 2.08. The number of nitrogens with two attached hydrogens (primary N) is 1. The van der Waals surface area contributed by atoms with E-state index in [0.29, 0.717) is 0 Å². The molecular formula is C18H21N3. The molecule has 0 aliphatic rings. The van der Waals surface area contributed by atoms with Gasteiger partial charge in [-0.15, -0.1) is 0 Å². The summed E-state index contributed by atoms with van der Waals surface area (Å²) in [6.45, 7) is 2.97. The van der Waals surface area contributed by atoms with Crippen LogP contribution in [0.25, 0.3) is 10.9 Å². The lowest BCUT2D eigenvalue weighted by atomic mass is 10.1. The maximum atomic E-state index is 6.09. The van der Waals surface area contributed by atoms with Crippen LogP contribution < -0.4 is 5.73 Å². The predicted molar refractivity (Wildman–Crippen MR) is 87.2 cm³/mol. The van der Waals surface area contributed by atoms with Gasteiger partial charge in [0, 0.05) is 42.5 Å². The number of hydrogen-bond acceptors (Lipinski definition) is 2. The topological polar surface area (TPSA) is 43.8 Å². The Kier molecular flexibility index (Phi) is 4.02. The van der Waals surface area contributed by atoms with Crippen molar-refractivity contribution in [3.05, 3.63) is 66.1 Å². The van der Waals surface area contributed by atoms with Crippen molar-refractivity contribution < 1.29 is 0 Å². The van der Waals surface area contributed by atoms with Crippen LogP contribution in [0.2, 0.25) is 0 Å². The highest BCUT2D eigenvalue weighted by Crippen LogP contribution is 2.18. The fraction of sp³-hybridized carbons (Fsp3) is 0.278. The standard InChI is InChI=1S/C18H21N3/c1-2-16(19)12-17-9-5-11-21(17)13-15-7-3-6-14-8-4-10-20-18(14)15/h3-11,16H,2,12-13,19H2,1H3. The summed E-state index contributed by atoms with van der Waals surface area (Å²) < 4.78 is 2.28. The van der Waals surface area contributed by atoms with Crippen molar-refractivity contribution in [3.8, 4) is 0 Å². The van der Waals surface area contributed by atoms with Crippen LogP contribution in [-0.2, 0) is 13.0 Å². The van der Waals surface area contributed by atoms with Crippen molar-refractivity contribution in [2.45, 2.75) is 32.4 Å². The van der Waals surface area contributed by atoms with Crippen LogP contribution in [0.3, 0.4) is 0 Å². The first-order chi connectivity index (χ1) is 10.3. The number of para-hydroxylation sites is 1. The maximum absolute atomic E-state index is 6.09. The van der Waals surface area contributed by atoms with Crippen LogP contribution in [-0.4, -0.2) is 15.6 Å². The minimum Gasteiger partial charge on any atom is -0.347 e. The van der Waals surface area contributed by atoms with Crippen molar-refractivity contribution in [2.24, 2.45) is 5.73 Å². The molecule has 1 aromatic carbocycles. The summed E-state index contributed by atoms with van der Waals surface area (Å²) in [5.74, 6) is 0. The maximum Gasteiger partial charge on any atom is 0.0751 e. The Bertz CT molecular complexity index is 725. The largest absolute Gasteiger partial charge is 0.347 e. The van der Waals surface area contributed by atoms with E-state index < -0.39 is 0 Å². The molecule has 21 heavy (non-hydrogen) atoms. The quantitative estimate of drug-likeness (QED) is 0.778. The van der Waals surface area contributed by atoms with E-state index in [-0.39, 0.29) is 6.04 Å². The van der Waals surface area contributed by atoms with Crippen LogP contribution in [0.15, 0.2) is 54.9 Å². The van der Waals surface area contributed by atoms with Gasteiger partial charge < -0.3 is 10.3 Å². The number of fused-ring (bicyclic) bond motifs is 1. The molecule has 2 heterocycles. The Morgan fingerprint density at radius 1 is 1.14 bits per heavy atom. The highest BCUT2D eigenvalue weighted by atomic mass is 15.0. The Hall–Kier alpha value is -2.13. The normalized spacial score (nSPS) is 12.7. The summed E-state index contributed by atoms with van der Waals surface area (Å²) in [5.41, 5.74) is 9.71. The monoisotopic (exact) mass is 279 g/mol. The molecule has 0 spiro atoms. The molecule has 0 bridgehead atoms. The average Bonchev–Trinajstić information content (AvgIpc) is 2.94. The molecule has 0 aliphatic heterocycles. The van der Waals surface area contributed by atoms with Crippen LogP contribution >= 0.6 is 0 Å². The van der Waals surface area contributed by atoms with Gasteiger partial charge in [-0.05, 0) is 30.2 Å². The fourth-order valence-corrected chi connectivity index (χ4v) is 2.68. The number of benzene rings is 1. The second-order valence-corrected chi connectivity index (χ2v) is 5.49. The Balaban J connectivity index is 1.91. The molecule has 0 fully saturated rings. The first-order valence-electron chi connectivity index (χ1n) is 7.50. The van der Waals surface area contributed by atoms with E-state index in [1.54, 1.807) is 0 Å². The second-order valence-electron chi connectivity index (χ2n) is 5.49. The first kappa shape index (κ1) is 13.8. The molecule has 3 nitrogen and oxygen atoms in total. The Labute approximate surface area is 125 Å². The lowest BCUT2D eigenvalue weighted by Crippen LogP contribution is -2.23. The zero-order chi connectivity index (χ0) is 14.7. The van der Waals surface area contributed by atoms with Gasteiger partial charge in [-0.2, -0.15) is 0 Å². The molecule has 0 amide bonds. The summed E-state index contributed by atoms with van der Waals surface area (Å²) in [6, 6.07) is 14.9. The second kappa shape index (κ2) is 6.10. The van der Waals surface area contributed by atoms with E-state index in [4.69, 9.17) is 5.73 Å². The zero-order valence-electron chi connectivity index (χ0n) is 12.4. The van der Waals surface area contributed by atoms with Crippen molar-refractivity contribution in [2.75, 3.05) is 0 Å². The molecule has 3 heteroatoms. The van der Waals surface area contributed by atoms with Crippen molar-refractivity contribution >= 4 is 10.9 Å². The van der Waals surface area contributed by atoms with Gasteiger partial charge in [0.15, 0.2) is 0 Å². The third kappa shape index (κ3) is 2.98. The van der Waals surface area contributed by atoms with Gasteiger partial charge >= 0.3 is 0 Å². The molecule has 1 unspecified atom stereocenters. The number of nitrogens with zero attached hydrogens (tertiary/aromatic N) is 2. The van der Waals surface area contributed by atoms with Crippen LogP contribution in [0, 0.1) is 0 Å². The van der Waals surface area contributed by atoms with Gasteiger partial charge in [0.2, 0.25) is 0 Å². The van der Waals surface area contributed by atoms with Gasteiger partial charge in [-0.25, -0.2) is 0 Å². The first-order valence-corrected chi connectivity index (χ1v) is 7.50. The van der Waals surface area contributed by atoms with E-state index in [1.807, 2.05) is 12.3 Å². The van der Waals surface area contributed by atoms with Gasteiger partial charge in [0.05, 0.1) is 5.52 Å². The SMILES string of the molecule is CCC(N)Cc1cccn1Cc1cccc2cccnc12. The molecule has 1 atom stereocenters. The Morgan fingerprint density at radius 3 is 2.86 bits per heavy atom. The lowest BCUT2D eigenvalue weighted by Gasteiger charge is -2.14. The lowest BCUT2D eigenvalue weighted by molar-refractivity contribution is 0.610. The average molecular weight is 279 g/mol. The van der Waals surface area contributed by atoms with Gasteiger partial charge in [-0.1, -0.05) is 31.2 Å². The molecular weight excluding hydrogens is 258 g/mol. The van der Waals surface area contributed by atoms with Gasteiger partial charge in [0.25, 0.3) is 0 Å². The van der Waals surface area contributed by atoms with Crippen LogP contribution in [0.5, 0.6) is 0 Å². The van der Waals surface area contributed by atoms with E-state index in [2.05, 4.69) is 59.1 Å². The molecule has 0 aliphatic carbocycles. The number of pyridine rings is 1. The van der Waals surface area contributed by atoms with Gasteiger partial charge in [0.1, 0.15) is 0 Å². The smallest absolute Gasteiger partial charge is 0.0751 e. The molecule has 0 radical (unpaired) electrons. The molecule has 3 rings (SSSR count). The minimum absolute atomic E-state index is 0.226. The summed E-state index contributed by atoms with van der Waals surface area (Å²) in [7, 11) is 0. The third-order valence-corrected chi connectivity index (χ3v) is 3.98. The summed E-state index contributed by atoms with van der Waals surface area (Å²) in [6.07, 6.45) is 5.90.